The van der Waals surface area contributed by atoms with Crippen molar-refractivity contribution in [3.63, 3.8) is 0 Å². The summed E-state index contributed by atoms with van der Waals surface area (Å²) in [5, 5.41) is 28.1. The number of anilines is 2. The SMILES string of the molecule is C#CCOc1ccc([N+](=O)[O-])c(COP(=O)(C=C)Nc2ccccc2)c1.C#CCOc1ccc([N+](=O)[O-])c(COc2ccc(OP(=O)(C=C)Nc3ccccc3)cc2)c1. The number of rotatable bonds is 20. The molecule has 15 nitrogen and oxygen atoms in total. The normalized spacial score (nSPS) is 12.2. The fourth-order valence-corrected chi connectivity index (χ4v) is 7.10. The molecule has 2 N–H and O–H groups in total. The zero-order valence-electron chi connectivity index (χ0n) is 31.4. The van der Waals surface area contributed by atoms with Crippen LogP contribution in [-0.2, 0) is 26.9 Å². The van der Waals surface area contributed by atoms with Crippen molar-refractivity contribution < 1.29 is 42.2 Å². The minimum atomic E-state index is -3.46. The molecule has 2 unspecified atom stereocenters. The third-order valence-corrected chi connectivity index (χ3v) is 10.7. The molecule has 59 heavy (non-hydrogen) atoms. The van der Waals surface area contributed by atoms with Crippen LogP contribution in [0.4, 0.5) is 22.7 Å². The molecule has 2 atom stereocenters. The van der Waals surface area contributed by atoms with Gasteiger partial charge in [-0.1, -0.05) is 61.4 Å². The minimum absolute atomic E-state index is 0.0266. The highest BCUT2D eigenvalue weighted by molar-refractivity contribution is 7.64. The standard InChI is InChI=1S/C24H21N2O6P.C18H17N2O5P/c1-3-16-30-23-14-15-24(26(27)28)19(17-23)18-31-21-10-12-22(13-11-21)32-33(29,4-2)25-20-8-6-5-7-9-20;1-3-12-24-17-10-11-18(20(21)22)15(13-17)14-25-26(23,4-2)19-16-8-6-5-7-9-16/h1,4-15,17H,2,16,18H2,(H,25,29);1,4-11,13H,2,12,14H2,(H,19,23). The van der Waals surface area contributed by atoms with Gasteiger partial charge in [0.25, 0.3) is 11.4 Å². The second kappa shape index (κ2) is 21.9. The maximum Gasteiger partial charge on any atom is 0.363 e. The number of nitrogens with one attached hydrogen (secondary N) is 2. The third-order valence-electron chi connectivity index (χ3n) is 7.61. The largest absolute Gasteiger partial charge is 0.489 e. The van der Waals surface area contributed by atoms with Gasteiger partial charge in [-0.25, -0.2) is 4.57 Å². The van der Waals surface area contributed by atoms with Crippen molar-refractivity contribution in [3.05, 3.63) is 177 Å². The predicted octanol–water partition coefficient (Wildman–Crippen LogP) is 10.6. The number of hydrogen-bond donors (Lipinski definition) is 2. The molecule has 0 fully saturated rings. The third kappa shape index (κ3) is 14.0. The van der Waals surface area contributed by atoms with Gasteiger partial charge in [0.1, 0.15) is 42.8 Å². The fraction of sp³-hybridized carbons (Fsp3) is 0.0952. The Morgan fingerprint density at radius 1 is 0.593 bits per heavy atom. The predicted molar refractivity (Wildman–Crippen MR) is 227 cm³/mol. The molecule has 5 rings (SSSR count). The van der Waals surface area contributed by atoms with Gasteiger partial charge in [-0.3, -0.25) is 24.8 Å². The first-order chi connectivity index (χ1) is 28.4. The van der Waals surface area contributed by atoms with Crippen LogP contribution < -0.4 is 28.9 Å². The molecule has 0 aliphatic carbocycles. The van der Waals surface area contributed by atoms with Crippen LogP contribution in [0.2, 0.25) is 0 Å². The second-order valence-corrected chi connectivity index (χ2v) is 15.7. The second-order valence-electron chi connectivity index (χ2n) is 11.7. The van der Waals surface area contributed by atoms with Crippen LogP contribution in [0.1, 0.15) is 11.1 Å². The molecule has 0 bridgehead atoms. The Morgan fingerprint density at radius 2 is 1.02 bits per heavy atom. The van der Waals surface area contributed by atoms with Crippen molar-refractivity contribution in [2.45, 2.75) is 13.2 Å². The Balaban J connectivity index is 0.000000268. The van der Waals surface area contributed by atoms with Crippen LogP contribution in [0.15, 0.2) is 146 Å². The molecular weight excluding hydrogens is 798 g/mol. The summed E-state index contributed by atoms with van der Waals surface area (Å²) in [4.78, 5) is 21.5. The van der Waals surface area contributed by atoms with Gasteiger partial charge in [-0.2, -0.15) is 0 Å². The van der Waals surface area contributed by atoms with E-state index in [9.17, 15) is 29.4 Å². The Hall–Kier alpha value is -7.28. The molecule has 0 aliphatic heterocycles. The van der Waals surface area contributed by atoms with Gasteiger partial charge in [0.2, 0.25) is 0 Å². The molecule has 5 aromatic rings. The summed E-state index contributed by atoms with van der Waals surface area (Å²) >= 11 is 0. The molecule has 0 heterocycles. The van der Waals surface area contributed by atoms with Crippen molar-refractivity contribution in [1.29, 1.82) is 0 Å². The smallest absolute Gasteiger partial charge is 0.363 e. The Bertz CT molecular complexity index is 2420. The molecule has 0 saturated heterocycles. The molecule has 0 spiro atoms. The number of benzene rings is 5. The number of nitro groups is 2. The maximum absolute atomic E-state index is 13.0. The van der Waals surface area contributed by atoms with Gasteiger partial charge in [-0.15, -0.1) is 12.8 Å². The van der Waals surface area contributed by atoms with Crippen LogP contribution in [0, 0.1) is 44.9 Å². The average Bonchev–Trinajstić information content (AvgIpc) is 3.24. The molecule has 17 heteroatoms. The van der Waals surface area contributed by atoms with Crippen molar-refractivity contribution in [2.24, 2.45) is 0 Å². The van der Waals surface area contributed by atoms with Gasteiger partial charge in [0, 0.05) is 35.1 Å². The van der Waals surface area contributed by atoms with Gasteiger partial charge >= 0.3 is 15.0 Å². The number of nitrogens with zero attached hydrogens (tertiary/aromatic N) is 2. The van der Waals surface area contributed by atoms with Crippen molar-refractivity contribution in [2.75, 3.05) is 23.4 Å². The average molecular weight is 837 g/mol. The highest BCUT2D eigenvalue weighted by Crippen LogP contribution is 2.49. The molecule has 0 radical (unpaired) electrons. The summed E-state index contributed by atoms with van der Waals surface area (Å²) < 4.78 is 53.1. The van der Waals surface area contributed by atoms with Gasteiger partial charge in [0.05, 0.1) is 27.6 Å². The minimum Gasteiger partial charge on any atom is -0.489 e. The summed E-state index contributed by atoms with van der Waals surface area (Å²) in [5.41, 5.74) is 1.49. The lowest BCUT2D eigenvalue weighted by molar-refractivity contribution is -0.386. The number of hydrogen-bond acceptors (Lipinski definition) is 11. The van der Waals surface area contributed by atoms with Gasteiger partial charge in [-0.05, 0) is 72.8 Å². The Kier molecular flexibility index (Phi) is 16.5. The summed E-state index contributed by atoms with van der Waals surface area (Å²) in [5.74, 6) is 8.59. The van der Waals surface area contributed by atoms with Crippen LogP contribution in [-0.4, -0.2) is 23.1 Å². The number of nitro benzene ring substituents is 2. The summed E-state index contributed by atoms with van der Waals surface area (Å²) in [6, 6.07) is 32.7. The van der Waals surface area contributed by atoms with Crippen LogP contribution in [0.25, 0.3) is 0 Å². The first-order valence-electron chi connectivity index (χ1n) is 17.3. The maximum atomic E-state index is 13.0. The molecule has 0 aliphatic rings. The zero-order chi connectivity index (χ0) is 42.7. The van der Waals surface area contributed by atoms with Crippen LogP contribution >= 0.6 is 15.0 Å². The van der Waals surface area contributed by atoms with E-state index in [0.29, 0.717) is 39.9 Å². The molecule has 0 aromatic heterocycles. The van der Waals surface area contributed by atoms with E-state index < -0.39 is 24.9 Å². The summed E-state index contributed by atoms with van der Waals surface area (Å²) in [7, 11) is -6.84. The quantitative estimate of drug-likeness (QED) is 0.0326. The van der Waals surface area contributed by atoms with Crippen molar-refractivity contribution >= 4 is 37.8 Å². The van der Waals surface area contributed by atoms with Crippen LogP contribution in [0.3, 0.4) is 0 Å². The molecule has 0 saturated carbocycles. The van der Waals surface area contributed by atoms with E-state index in [1.54, 1.807) is 60.7 Å². The molecule has 0 amide bonds. The van der Waals surface area contributed by atoms with Gasteiger partial charge < -0.3 is 33.4 Å². The molecular formula is C42H38N4O11P2. The highest BCUT2D eigenvalue weighted by Gasteiger charge is 2.23. The Labute approximate surface area is 341 Å². The monoisotopic (exact) mass is 836 g/mol. The summed E-state index contributed by atoms with van der Waals surface area (Å²) in [6.45, 7) is 6.87. The fourth-order valence-electron chi connectivity index (χ4n) is 4.84. The zero-order valence-corrected chi connectivity index (χ0v) is 33.2. The molecule has 302 valence electrons. The number of terminal acetylenes is 2. The first-order valence-corrected chi connectivity index (χ1v) is 20.7. The summed E-state index contributed by atoms with van der Waals surface area (Å²) in [6.07, 6.45) is 10.3. The van der Waals surface area contributed by atoms with Crippen LogP contribution in [0.5, 0.6) is 23.0 Å². The highest BCUT2D eigenvalue weighted by atomic mass is 31.2. The van der Waals surface area contributed by atoms with Gasteiger partial charge in [0.15, 0.2) is 0 Å². The van der Waals surface area contributed by atoms with E-state index in [1.165, 1.54) is 42.2 Å². The van der Waals surface area contributed by atoms with E-state index >= 15 is 0 Å². The molecule has 5 aromatic carbocycles. The first kappa shape index (κ1) is 44.4. The van der Waals surface area contributed by atoms with Crippen molar-refractivity contribution in [3.8, 4) is 47.7 Å². The lowest BCUT2D eigenvalue weighted by Crippen LogP contribution is -2.03. The topological polar surface area (TPSA) is 191 Å². The number of para-hydroxylation sites is 2. The Morgan fingerprint density at radius 3 is 1.46 bits per heavy atom. The van der Waals surface area contributed by atoms with E-state index in [1.807, 2.05) is 24.3 Å². The van der Waals surface area contributed by atoms with E-state index in [4.69, 9.17) is 36.1 Å². The van der Waals surface area contributed by atoms with Crippen molar-refractivity contribution in [1.82, 2.24) is 0 Å². The van der Waals surface area contributed by atoms with E-state index in [0.717, 1.165) is 5.82 Å². The lowest BCUT2D eigenvalue weighted by Gasteiger charge is -2.18. The lowest BCUT2D eigenvalue weighted by atomic mass is 10.2. The van der Waals surface area contributed by atoms with E-state index in [2.05, 4.69) is 35.2 Å². The van der Waals surface area contributed by atoms with E-state index in [-0.39, 0.29) is 43.4 Å². The number of ether oxygens (including phenoxy) is 3.